The standard InChI is InChI=1S/C7H13N3O2/c1-5-4-10(9(2)3)7(12)8-6(5)11/h4,7,12H,1-3H3,(H,8,11). The van der Waals surface area contributed by atoms with Gasteiger partial charge in [0.25, 0.3) is 5.91 Å². The zero-order valence-corrected chi connectivity index (χ0v) is 7.40. The summed E-state index contributed by atoms with van der Waals surface area (Å²) < 4.78 is 0. The number of carbonyl (C=O) groups is 1. The number of hydrogen-bond acceptors (Lipinski definition) is 4. The maximum atomic E-state index is 11.0. The summed E-state index contributed by atoms with van der Waals surface area (Å²) in [5.74, 6) is -0.236. The van der Waals surface area contributed by atoms with Gasteiger partial charge in [-0.2, -0.15) is 0 Å². The highest BCUT2D eigenvalue weighted by molar-refractivity contribution is 5.93. The molecule has 1 heterocycles. The van der Waals surface area contributed by atoms with Gasteiger partial charge in [-0.25, -0.2) is 5.01 Å². The summed E-state index contributed by atoms with van der Waals surface area (Å²) in [6.45, 7) is 1.69. The molecule has 0 saturated heterocycles. The summed E-state index contributed by atoms with van der Waals surface area (Å²) in [6.07, 6.45) is 0.639. The summed E-state index contributed by atoms with van der Waals surface area (Å²) in [7, 11) is 3.56. The smallest absolute Gasteiger partial charge is 0.251 e. The molecule has 0 bridgehead atoms. The quantitative estimate of drug-likeness (QED) is 0.535. The molecular weight excluding hydrogens is 158 g/mol. The van der Waals surface area contributed by atoms with E-state index in [0.29, 0.717) is 5.57 Å². The van der Waals surface area contributed by atoms with Crippen LogP contribution in [0.2, 0.25) is 0 Å². The first-order valence-electron chi connectivity index (χ1n) is 3.65. The van der Waals surface area contributed by atoms with E-state index in [4.69, 9.17) is 0 Å². The molecule has 0 aliphatic carbocycles. The molecule has 1 unspecified atom stereocenters. The van der Waals surface area contributed by atoms with Crippen molar-refractivity contribution in [2.75, 3.05) is 14.1 Å². The van der Waals surface area contributed by atoms with Gasteiger partial charge in [0.15, 0.2) is 0 Å². The van der Waals surface area contributed by atoms with Crippen LogP contribution in [0.5, 0.6) is 0 Å². The van der Waals surface area contributed by atoms with Crippen molar-refractivity contribution in [2.24, 2.45) is 0 Å². The molecule has 1 atom stereocenters. The number of hydrogen-bond donors (Lipinski definition) is 2. The van der Waals surface area contributed by atoms with Crippen molar-refractivity contribution in [3.05, 3.63) is 11.8 Å². The highest BCUT2D eigenvalue weighted by atomic mass is 16.3. The Morgan fingerprint density at radius 2 is 2.25 bits per heavy atom. The zero-order chi connectivity index (χ0) is 9.30. The fraction of sp³-hybridized carbons (Fsp3) is 0.571. The van der Waals surface area contributed by atoms with Gasteiger partial charge in [-0.1, -0.05) is 0 Å². The van der Waals surface area contributed by atoms with Gasteiger partial charge in [0.05, 0.1) is 0 Å². The van der Waals surface area contributed by atoms with E-state index in [1.165, 1.54) is 5.01 Å². The van der Waals surface area contributed by atoms with Gasteiger partial charge in [0.1, 0.15) is 0 Å². The lowest BCUT2D eigenvalue weighted by Crippen LogP contribution is -2.54. The fourth-order valence-electron chi connectivity index (χ4n) is 0.959. The van der Waals surface area contributed by atoms with Crippen molar-refractivity contribution < 1.29 is 9.90 Å². The van der Waals surface area contributed by atoms with Crippen molar-refractivity contribution in [3.63, 3.8) is 0 Å². The van der Waals surface area contributed by atoms with Gasteiger partial charge in [-0.05, 0) is 6.92 Å². The van der Waals surface area contributed by atoms with Crippen LogP contribution in [-0.4, -0.2) is 41.5 Å². The average molecular weight is 171 g/mol. The molecule has 0 radical (unpaired) electrons. The molecule has 0 aromatic carbocycles. The number of carbonyl (C=O) groups excluding carboxylic acids is 1. The molecule has 1 aliphatic rings. The molecule has 0 aromatic heterocycles. The van der Waals surface area contributed by atoms with E-state index in [0.717, 1.165) is 0 Å². The Labute approximate surface area is 71.2 Å². The van der Waals surface area contributed by atoms with Crippen LogP contribution in [-0.2, 0) is 4.79 Å². The van der Waals surface area contributed by atoms with Crippen molar-refractivity contribution >= 4 is 5.91 Å². The third-order valence-corrected chi connectivity index (χ3v) is 1.66. The predicted molar refractivity (Wildman–Crippen MR) is 43.4 cm³/mol. The molecule has 5 heteroatoms. The van der Waals surface area contributed by atoms with Gasteiger partial charge < -0.3 is 10.4 Å². The van der Waals surface area contributed by atoms with Crippen molar-refractivity contribution in [1.82, 2.24) is 15.3 Å². The maximum Gasteiger partial charge on any atom is 0.251 e. The number of hydrazine groups is 1. The first-order valence-corrected chi connectivity index (χ1v) is 3.65. The van der Waals surface area contributed by atoms with Gasteiger partial charge >= 0.3 is 0 Å². The summed E-state index contributed by atoms with van der Waals surface area (Å²) in [6, 6.07) is 0. The van der Waals surface area contributed by atoms with Crippen LogP contribution in [0.4, 0.5) is 0 Å². The number of nitrogens with one attached hydrogen (secondary N) is 1. The monoisotopic (exact) mass is 171 g/mol. The number of nitrogens with zero attached hydrogens (tertiary/aromatic N) is 2. The van der Waals surface area contributed by atoms with Gasteiger partial charge in [0.2, 0.25) is 6.35 Å². The Balaban J connectivity index is 2.83. The second kappa shape index (κ2) is 3.12. The lowest BCUT2D eigenvalue weighted by molar-refractivity contribution is -0.139. The van der Waals surface area contributed by atoms with Crippen LogP contribution in [0.25, 0.3) is 0 Å². The van der Waals surface area contributed by atoms with E-state index >= 15 is 0 Å². The Morgan fingerprint density at radius 3 is 2.75 bits per heavy atom. The highest BCUT2D eigenvalue weighted by Crippen LogP contribution is 2.07. The Hall–Kier alpha value is -1.07. The molecule has 12 heavy (non-hydrogen) atoms. The van der Waals surface area contributed by atoms with Crippen LogP contribution in [0.15, 0.2) is 11.8 Å². The fourth-order valence-corrected chi connectivity index (χ4v) is 0.959. The topological polar surface area (TPSA) is 55.8 Å². The van der Waals surface area contributed by atoms with Crippen LogP contribution < -0.4 is 5.32 Å². The highest BCUT2D eigenvalue weighted by Gasteiger charge is 2.23. The zero-order valence-electron chi connectivity index (χ0n) is 7.40. The third-order valence-electron chi connectivity index (χ3n) is 1.66. The number of aliphatic hydroxyl groups is 1. The molecule has 1 amide bonds. The second-order valence-corrected chi connectivity index (χ2v) is 2.89. The minimum atomic E-state index is -0.962. The molecule has 0 fully saturated rings. The van der Waals surface area contributed by atoms with Gasteiger partial charge in [0, 0.05) is 25.9 Å². The summed E-state index contributed by atoms with van der Waals surface area (Å²) in [5, 5.41) is 14.9. The summed E-state index contributed by atoms with van der Waals surface area (Å²) in [5.41, 5.74) is 0.578. The van der Waals surface area contributed by atoms with E-state index < -0.39 is 6.35 Å². The normalized spacial score (nSPS) is 24.1. The van der Waals surface area contributed by atoms with Crippen molar-refractivity contribution in [1.29, 1.82) is 0 Å². The Morgan fingerprint density at radius 1 is 1.67 bits per heavy atom. The largest absolute Gasteiger partial charge is 0.355 e. The molecule has 0 saturated carbocycles. The molecule has 68 valence electrons. The van der Waals surface area contributed by atoms with Crippen LogP contribution in [0.1, 0.15) is 6.92 Å². The molecule has 5 nitrogen and oxygen atoms in total. The first-order chi connectivity index (χ1) is 5.52. The van der Waals surface area contributed by atoms with E-state index in [-0.39, 0.29) is 5.91 Å². The number of aliphatic hydroxyl groups excluding tert-OH is 1. The molecule has 0 aromatic rings. The van der Waals surface area contributed by atoms with Crippen LogP contribution >= 0.6 is 0 Å². The van der Waals surface area contributed by atoms with Crippen molar-refractivity contribution in [3.8, 4) is 0 Å². The average Bonchev–Trinajstić information content (AvgIpc) is 1.96. The molecule has 1 aliphatic heterocycles. The molecule has 1 rings (SSSR count). The lowest BCUT2D eigenvalue weighted by atomic mass is 10.3. The molecular formula is C7H13N3O2. The SMILES string of the molecule is CC1=CN(N(C)C)C(O)NC1=O. The van der Waals surface area contributed by atoms with Gasteiger partial charge in [-0.15, -0.1) is 0 Å². The predicted octanol–water partition coefficient (Wildman–Crippen LogP) is -0.926. The van der Waals surface area contributed by atoms with E-state index in [1.807, 2.05) is 0 Å². The third kappa shape index (κ3) is 1.57. The Bertz CT molecular complexity index is 225. The Kier molecular flexibility index (Phi) is 2.35. The number of rotatable bonds is 1. The lowest BCUT2D eigenvalue weighted by Gasteiger charge is -2.35. The first kappa shape index (κ1) is 9.02. The minimum Gasteiger partial charge on any atom is -0.355 e. The van der Waals surface area contributed by atoms with E-state index in [2.05, 4.69) is 5.32 Å². The van der Waals surface area contributed by atoms with Crippen LogP contribution in [0.3, 0.4) is 0 Å². The summed E-state index contributed by atoms with van der Waals surface area (Å²) in [4.78, 5) is 11.0. The maximum absolute atomic E-state index is 11.0. The number of amides is 1. The second-order valence-electron chi connectivity index (χ2n) is 2.89. The molecule has 2 N–H and O–H groups in total. The minimum absolute atomic E-state index is 0.236. The molecule has 0 spiro atoms. The van der Waals surface area contributed by atoms with Crippen LogP contribution in [0, 0.1) is 0 Å². The van der Waals surface area contributed by atoms with Crippen molar-refractivity contribution in [2.45, 2.75) is 13.3 Å². The van der Waals surface area contributed by atoms with E-state index in [1.54, 1.807) is 32.2 Å². The van der Waals surface area contributed by atoms with Gasteiger partial charge in [-0.3, -0.25) is 9.80 Å². The summed E-state index contributed by atoms with van der Waals surface area (Å²) >= 11 is 0. The van der Waals surface area contributed by atoms with E-state index in [9.17, 15) is 9.90 Å².